The average Bonchev–Trinajstić information content (AvgIpc) is 2.50. The minimum absolute atomic E-state index is 0.0958. The molecule has 1 atom stereocenters. The van der Waals surface area contributed by atoms with Crippen molar-refractivity contribution in [2.75, 3.05) is 11.6 Å². The van der Waals surface area contributed by atoms with E-state index in [0.29, 0.717) is 16.5 Å². The molecule has 1 N–H and O–H groups in total. The van der Waals surface area contributed by atoms with E-state index in [-0.39, 0.29) is 23.8 Å². The molecule has 22 heavy (non-hydrogen) atoms. The summed E-state index contributed by atoms with van der Waals surface area (Å²) in [6.07, 6.45) is 2.09. The van der Waals surface area contributed by atoms with Crippen molar-refractivity contribution in [2.45, 2.75) is 17.5 Å². The highest BCUT2D eigenvalue weighted by molar-refractivity contribution is 9.10. The van der Waals surface area contributed by atoms with Crippen molar-refractivity contribution in [1.82, 2.24) is 9.55 Å². The monoisotopic (exact) mass is 379 g/mol. The summed E-state index contributed by atoms with van der Waals surface area (Å²) < 4.78 is 2.65. The fourth-order valence-corrected chi connectivity index (χ4v) is 3.84. The van der Waals surface area contributed by atoms with Crippen LogP contribution in [0.3, 0.4) is 0 Å². The van der Waals surface area contributed by atoms with Crippen molar-refractivity contribution < 1.29 is 4.79 Å². The van der Waals surface area contributed by atoms with Crippen molar-refractivity contribution in [1.29, 1.82) is 0 Å². The maximum atomic E-state index is 12.5. The van der Waals surface area contributed by atoms with Crippen LogP contribution in [-0.2, 0) is 11.8 Å². The number of hydrogen-bond acceptors (Lipinski definition) is 4. The minimum atomic E-state index is -0.290. The summed E-state index contributed by atoms with van der Waals surface area (Å²) in [6, 6.07) is 7.65. The summed E-state index contributed by atoms with van der Waals surface area (Å²) in [6.45, 7) is 0. The van der Waals surface area contributed by atoms with E-state index < -0.39 is 0 Å². The number of nitrogens with one attached hydrogen (secondary N) is 1. The fraction of sp³-hybridized carbons (Fsp3) is 0.267. The van der Waals surface area contributed by atoms with Gasteiger partial charge in [-0.2, -0.15) is 4.98 Å². The first-order chi connectivity index (χ1) is 10.5. The molecule has 1 aliphatic rings. The number of aromatic nitrogens is 2. The van der Waals surface area contributed by atoms with Gasteiger partial charge in [0.2, 0.25) is 5.91 Å². The fourth-order valence-electron chi connectivity index (χ4n) is 2.74. The van der Waals surface area contributed by atoms with Gasteiger partial charge in [0.25, 0.3) is 5.56 Å². The van der Waals surface area contributed by atoms with Crippen molar-refractivity contribution in [3.8, 4) is 0 Å². The second-order valence-corrected chi connectivity index (χ2v) is 6.68. The van der Waals surface area contributed by atoms with Crippen LogP contribution in [0.25, 0.3) is 0 Å². The topological polar surface area (TPSA) is 64.0 Å². The number of benzene rings is 1. The molecule has 0 fully saturated rings. The number of halogens is 1. The summed E-state index contributed by atoms with van der Waals surface area (Å²) in [4.78, 5) is 28.7. The van der Waals surface area contributed by atoms with E-state index >= 15 is 0 Å². The van der Waals surface area contributed by atoms with E-state index in [1.54, 1.807) is 11.6 Å². The number of anilines is 1. The van der Waals surface area contributed by atoms with Gasteiger partial charge in [-0.05, 0) is 17.9 Å². The van der Waals surface area contributed by atoms with Crippen molar-refractivity contribution in [2.24, 2.45) is 7.05 Å². The Kier molecular flexibility index (Phi) is 4.10. The van der Waals surface area contributed by atoms with Gasteiger partial charge in [-0.3, -0.25) is 9.59 Å². The lowest BCUT2D eigenvalue weighted by molar-refractivity contribution is -0.116. The molecule has 0 aliphatic carbocycles. The number of amides is 1. The van der Waals surface area contributed by atoms with Gasteiger partial charge in [0.1, 0.15) is 5.82 Å². The first-order valence-corrected chi connectivity index (χ1v) is 8.74. The minimum Gasteiger partial charge on any atom is -0.312 e. The molecule has 2 heterocycles. The third-order valence-electron chi connectivity index (χ3n) is 3.76. The Labute approximate surface area is 140 Å². The highest BCUT2D eigenvalue weighted by Crippen LogP contribution is 2.38. The summed E-state index contributed by atoms with van der Waals surface area (Å²) in [5, 5.41) is 3.40. The Morgan fingerprint density at radius 1 is 1.36 bits per heavy atom. The average molecular weight is 380 g/mol. The number of fused-ring (bicyclic) bond motifs is 1. The van der Waals surface area contributed by atoms with Crippen LogP contribution in [-0.4, -0.2) is 21.7 Å². The number of carbonyl (C=O) groups excluding carboxylic acids is 1. The number of thioether (sulfide) groups is 1. The van der Waals surface area contributed by atoms with Gasteiger partial charge in [0.05, 0.1) is 5.56 Å². The molecular weight excluding hydrogens is 366 g/mol. The molecule has 0 radical (unpaired) electrons. The summed E-state index contributed by atoms with van der Waals surface area (Å²) in [7, 11) is 1.81. The molecule has 0 bridgehead atoms. The first kappa shape index (κ1) is 15.3. The number of carbonyl (C=O) groups is 1. The Morgan fingerprint density at radius 2 is 2.09 bits per heavy atom. The molecular formula is C15H14BrN3O2S. The van der Waals surface area contributed by atoms with E-state index in [1.165, 1.54) is 11.8 Å². The van der Waals surface area contributed by atoms with Gasteiger partial charge in [-0.1, -0.05) is 45.9 Å². The van der Waals surface area contributed by atoms with Crippen molar-refractivity contribution in [3.63, 3.8) is 0 Å². The van der Waals surface area contributed by atoms with Crippen LogP contribution >= 0.6 is 27.7 Å². The van der Waals surface area contributed by atoms with Crippen molar-refractivity contribution in [3.05, 3.63) is 50.2 Å². The van der Waals surface area contributed by atoms with E-state index in [0.717, 1.165) is 10.0 Å². The molecule has 3 rings (SSSR count). The highest BCUT2D eigenvalue weighted by Gasteiger charge is 2.32. The zero-order valence-electron chi connectivity index (χ0n) is 12.1. The van der Waals surface area contributed by atoms with E-state index in [9.17, 15) is 9.59 Å². The third-order valence-corrected chi connectivity index (χ3v) is 5.22. The zero-order valence-corrected chi connectivity index (χ0v) is 14.5. The quantitative estimate of drug-likeness (QED) is 0.643. The van der Waals surface area contributed by atoms with Crippen molar-refractivity contribution >= 4 is 39.4 Å². The maximum absolute atomic E-state index is 12.5. The molecule has 5 nitrogen and oxygen atoms in total. The van der Waals surface area contributed by atoms with Crippen LogP contribution in [0, 0.1) is 0 Å². The standard InChI is InChI=1S/C15H14BrN3O2S/c1-19-13-12(14(21)18-15(19)22-2)9(7-11(20)17-13)8-5-3-4-6-10(8)16/h3-6,9H,7H2,1-2H3,(H,17,20)/t9-/m0/s1. The SMILES string of the molecule is CSc1nc(=O)c2c(n1C)NC(=O)C[C@H]2c1ccccc1Br. The van der Waals surface area contributed by atoms with Crippen LogP contribution in [0.1, 0.15) is 23.5 Å². The van der Waals surface area contributed by atoms with E-state index in [1.807, 2.05) is 30.5 Å². The molecule has 0 saturated carbocycles. The predicted octanol–water partition coefficient (Wildman–Crippen LogP) is 2.74. The molecule has 1 aromatic carbocycles. The maximum Gasteiger partial charge on any atom is 0.279 e. The number of rotatable bonds is 2. The van der Waals surface area contributed by atoms with Gasteiger partial charge < -0.3 is 9.88 Å². The molecule has 2 aromatic rings. The Balaban J connectivity index is 2.27. The van der Waals surface area contributed by atoms with Crippen LogP contribution in [0.15, 0.2) is 38.7 Å². The molecule has 1 aliphatic heterocycles. The Morgan fingerprint density at radius 3 is 2.77 bits per heavy atom. The van der Waals surface area contributed by atoms with Gasteiger partial charge in [0, 0.05) is 23.9 Å². The van der Waals surface area contributed by atoms with E-state index in [4.69, 9.17) is 0 Å². The van der Waals surface area contributed by atoms with Crippen LogP contribution in [0.5, 0.6) is 0 Å². The first-order valence-electron chi connectivity index (χ1n) is 6.72. The zero-order chi connectivity index (χ0) is 15.9. The Hall–Kier alpha value is -1.60. The predicted molar refractivity (Wildman–Crippen MR) is 90.5 cm³/mol. The smallest absolute Gasteiger partial charge is 0.279 e. The van der Waals surface area contributed by atoms with Crippen LogP contribution in [0.4, 0.5) is 5.82 Å². The molecule has 0 spiro atoms. The lowest BCUT2D eigenvalue weighted by Gasteiger charge is -2.27. The lowest BCUT2D eigenvalue weighted by Crippen LogP contribution is -2.33. The number of nitrogens with zero attached hydrogens (tertiary/aromatic N) is 2. The van der Waals surface area contributed by atoms with Crippen LogP contribution in [0.2, 0.25) is 0 Å². The Bertz CT molecular complexity index is 819. The summed E-state index contributed by atoms with van der Waals surface area (Å²) in [5.74, 6) is 0.157. The number of hydrogen-bond donors (Lipinski definition) is 1. The molecule has 7 heteroatoms. The second-order valence-electron chi connectivity index (χ2n) is 5.05. The third kappa shape index (κ3) is 2.48. The van der Waals surface area contributed by atoms with Gasteiger partial charge >= 0.3 is 0 Å². The van der Waals surface area contributed by atoms with E-state index in [2.05, 4.69) is 26.2 Å². The van der Waals surface area contributed by atoms with Gasteiger partial charge in [-0.25, -0.2) is 0 Å². The molecule has 0 saturated heterocycles. The highest BCUT2D eigenvalue weighted by atomic mass is 79.9. The van der Waals surface area contributed by atoms with Crippen LogP contribution < -0.4 is 10.9 Å². The molecule has 1 amide bonds. The summed E-state index contributed by atoms with van der Waals surface area (Å²) in [5.41, 5.74) is 1.19. The van der Waals surface area contributed by atoms with Gasteiger partial charge in [-0.15, -0.1) is 0 Å². The second kappa shape index (κ2) is 5.89. The molecule has 1 aromatic heterocycles. The lowest BCUT2D eigenvalue weighted by atomic mass is 9.87. The van der Waals surface area contributed by atoms with Gasteiger partial charge in [0.15, 0.2) is 5.16 Å². The molecule has 114 valence electrons. The largest absolute Gasteiger partial charge is 0.312 e. The normalized spacial score (nSPS) is 17.0. The molecule has 0 unspecified atom stereocenters. The summed E-state index contributed by atoms with van der Waals surface area (Å²) >= 11 is 4.88.